The van der Waals surface area contributed by atoms with Crippen LogP contribution in [0.25, 0.3) is 44.1 Å². The number of benzene rings is 6. The molecule has 0 aliphatic rings. The van der Waals surface area contributed by atoms with Gasteiger partial charge in [0.2, 0.25) is 0 Å². The first-order valence-corrected chi connectivity index (χ1v) is 17.3. The molecule has 49 heavy (non-hydrogen) atoms. The minimum atomic E-state index is 0.0820. The molecule has 0 spiro atoms. The number of hydrogen-bond acceptors (Lipinski definition) is 1. The predicted molar refractivity (Wildman–Crippen MR) is 210 cm³/mol. The van der Waals surface area contributed by atoms with Crippen molar-refractivity contribution in [3.8, 4) is 11.4 Å². The van der Waals surface area contributed by atoms with Gasteiger partial charge in [-0.05, 0) is 94.8 Å². The summed E-state index contributed by atoms with van der Waals surface area (Å²) in [6.07, 6.45) is 2.20. The quantitative estimate of drug-likeness (QED) is 0.183. The lowest BCUT2D eigenvalue weighted by atomic mass is 9.86. The van der Waals surface area contributed by atoms with Crippen molar-refractivity contribution in [3.05, 3.63) is 163 Å². The van der Waals surface area contributed by atoms with E-state index >= 15 is 0 Å². The summed E-state index contributed by atoms with van der Waals surface area (Å²) in [6, 6.07) is 53.4. The van der Waals surface area contributed by atoms with Crippen LogP contribution in [-0.2, 0) is 10.8 Å². The van der Waals surface area contributed by atoms with Crippen LogP contribution in [0.4, 0.5) is 17.1 Å². The van der Waals surface area contributed by atoms with E-state index in [1.165, 1.54) is 43.8 Å². The van der Waals surface area contributed by atoms with Crippen LogP contribution in [0.5, 0.6) is 0 Å². The van der Waals surface area contributed by atoms with E-state index in [4.69, 9.17) is 0 Å². The number of aromatic nitrogens is 2. The molecule has 0 aliphatic carbocycles. The van der Waals surface area contributed by atoms with Gasteiger partial charge in [0.05, 0.1) is 16.6 Å². The molecular weight excluding hydrogens is 595 g/mol. The van der Waals surface area contributed by atoms with Crippen molar-refractivity contribution >= 4 is 49.8 Å². The number of nitrogens with zero attached hydrogens (tertiary/aromatic N) is 3. The van der Waals surface area contributed by atoms with Crippen molar-refractivity contribution in [1.29, 1.82) is 0 Å². The molecule has 2 heterocycles. The smallest absolute Gasteiger partial charge is 0.0788 e. The molecule has 3 nitrogen and oxygen atoms in total. The lowest BCUT2D eigenvalue weighted by Crippen LogP contribution is -2.14. The summed E-state index contributed by atoms with van der Waals surface area (Å²) in [7, 11) is 0. The van der Waals surface area contributed by atoms with Gasteiger partial charge in [0.15, 0.2) is 0 Å². The van der Waals surface area contributed by atoms with Gasteiger partial charge < -0.3 is 14.0 Å². The lowest BCUT2D eigenvalue weighted by molar-refractivity contribution is 0.590. The molecule has 8 rings (SSSR count). The average Bonchev–Trinajstić information content (AvgIpc) is 3.68. The minimum Gasteiger partial charge on any atom is -0.315 e. The molecule has 6 aromatic carbocycles. The first kappa shape index (κ1) is 30.8. The molecule has 0 radical (unpaired) electrons. The second kappa shape index (κ2) is 11.6. The van der Waals surface area contributed by atoms with Gasteiger partial charge in [-0.25, -0.2) is 0 Å². The van der Waals surface area contributed by atoms with Crippen LogP contribution in [0.15, 0.2) is 152 Å². The summed E-state index contributed by atoms with van der Waals surface area (Å²) in [5.74, 6) is 0. The summed E-state index contributed by atoms with van der Waals surface area (Å²) in [5.41, 5.74) is 12.1. The summed E-state index contributed by atoms with van der Waals surface area (Å²) in [6.45, 7) is 13.6. The second-order valence-corrected chi connectivity index (χ2v) is 15.2. The van der Waals surface area contributed by atoms with Crippen LogP contribution in [0, 0.1) is 0 Å². The highest BCUT2D eigenvalue weighted by atomic mass is 15.1. The molecule has 0 N–H and O–H groups in total. The fourth-order valence-corrected chi connectivity index (χ4v) is 7.17. The lowest BCUT2D eigenvalue weighted by Gasteiger charge is -2.28. The maximum Gasteiger partial charge on any atom is 0.0788 e. The third-order valence-electron chi connectivity index (χ3n) is 9.85. The van der Waals surface area contributed by atoms with Crippen molar-refractivity contribution in [2.45, 2.75) is 52.4 Å². The molecule has 0 unspecified atom stereocenters. The summed E-state index contributed by atoms with van der Waals surface area (Å²) in [4.78, 5) is 2.40. The van der Waals surface area contributed by atoms with Crippen LogP contribution in [0.3, 0.4) is 0 Å². The van der Waals surface area contributed by atoms with Gasteiger partial charge >= 0.3 is 0 Å². The van der Waals surface area contributed by atoms with Crippen molar-refractivity contribution < 1.29 is 0 Å². The zero-order valence-corrected chi connectivity index (χ0v) is 29.3. The normalized spacial score (nSPS) is 12.3. The zero-order valence-electron chi connectivity index (χ0n) is 29.3. The van der Waals surface area contributed by atoms with Crippen LogP contribution in [0.2, 0.25) is 0 Å². The van der Waals surface area contributed by atoms with Crippen LogP contribution >= 0.6 is 0 Å². The number of rotatable bonds is 5. The van der Waals surface area contributed by atoms with E-state index in [2.05, 4.69) is 207 Å². The predicted octanol–water partition coefficient (Wildman–Crippen LogP) is 12.8. The van der Waals surface area contributed by atoms with Gasteiger partial charge in [-0.1, -0.05) is 114 Å². The molecular formula is C46H43N3. The monoisotopic (exact) mass is 637 g/mol. The van der Waals surface area contributed by atoms with Crippen molar-refractivity contribution in [2.75, 3.05) is 4.90 Å². The number of para-hydroxylation sites is 2. The highest BCUT2D eigenvalue weighted by Crippen LogP contribution is 2.42. The molecule has 0 saturated carbocycles. The molecule has 0 aliphatic heterocycles. The van der Waals surface area contributed by atoms with Crippen molar-refractivity contribution in [1.82, 2.24) is 9.13 Å². The number of hydrogen-bond donors (Lipinski definition) is 0. The molecule has 242 valence electrons. The third-order valence-corrected chi connectivity index (χ3v) is 9.85. The Morgan fingerprint density at radius 2 is 0.980 bits per heavy atom. The van der Waals surface area contributed by atoms with Gasteiger partial charge in [0.1, 0.15) is 0 Å². The van der Waals surface area contributed by atoms with E-state index in [0.717, 1.165) is 28.4 Å². The standard InChI is InChI=1S/C46H43N3/c1-45(2,3)33-18-22-37(23-19-33)48(38-24-20-34(21-25-38)46(4,5)6)39-26-28-42-41(31-39)40-27-17-32-29-30-47(35-13-9-7-10-14-35)43(32)44(40)49(42)36-15-11-8-12-16-36/h7-31H,1-6H3. The molecule has 0 saturated heterocycles. The highest BCUT2D eigenvalue weighted by molar-refractivity contribution is 6.19. The maximum absolute atomic E-state index is 2.44. The van der Waals surface area contributed by atoms with E-state index in [1.807, 2.05) is 0 Å². The zero-order chi connectivity index (χ0) is 33.9. The first-order chi connectivity index (χ1) is 23.6. The minimum absolute atomic E-state index is 0.0820. The van der Waals surface area contributed by atoms with E-state index in [-0.39, 0.29) is 10.8 Å². The molecule has 3 heteroatoms. The van der Waals surface area contributed by atoms with Gasteiger partial charge in [-0.3, -0.25) is 0 Å². The third kappa shape index (κ3) is 5.40. The Morgan fingerprint density at radius 1 is 0.449 bits per heavy atom. The first-order valence-electron chi connectivity index (χ1n) is 17.3. The van der Waals surface area contributed by atoms with Gasteiger partial charge in [0.25, 0.3) is 0 Å². The fraction of sp³-hybridized carbons (Fsp3) is 0.174. The van der Waals surface area contributed by atoms with Gasteiger partial charge in [-0.15, -0.1) is 0 Å². The van der Waals surface area contributed by atoms with Crippen LogP contribution in [-0.4, -0.2) is 9.13 Å². The topological polar surface area (TPSA) is 13.1 Å². The Kier molecular flexibility index (Phi) is 7.26. The summed E-state index contributed by atoms with van der Waals surface area (Å²) in [5, 5.41) is 3.67. The van der Waals surface area contributed by atoms with E-state index in [9.17, 15) is 0 Å². The Bertz CT molecular complexity index is 2360. The summed E-state index contributed by atoms with van der Waals surface area (Å²) >= 11 is 0. The van der Waals surface area contributed by atoms with Gasteiger partial charge in [0, 0.05) is 50.8 Å². The Labute approximate surface area is 289 Å². The molecule has 0 atom stereocenters. The van der Waals surface area contributed by atoms with E-state index in [1.54, 1.807) is 0 Å². The highest BCUT2D eigenvalue weighted by Gasteiger charge is 2.22. The SMILES string of the molecule is CC(C)(C)c1ccc(N(c2ccc(C(C)(C)C)cc2)c2ccc3c(c2)c2ccc4ccn(-c5ccccc5)c4c2n3-c2ccccc2)cc1. The second-order valence-electron chi connectivity index (χ2n) is 15.2. The Balaban J connectivity index is 1.39. The number of anilines is 3. The van der Waals surface area contributed by atoms with E-state index in [0.29, 0.717) is 0 Å². The van der Waals surface area contributed by atoms with Crippen molar-refractivity contribution in [2.24, 2.45) is 0 Å². The Hall–Kier alpha value is -5.54. The van der Waals surface area contributed by atoms with Crippen LogP contribution < -0.4 is 4.90 Å². The number of fused-ring (bicyclic) bond motifs is 5. The molecule has 0 amide bonds. The summed E-state index contributed by atoms with van der Waals surface area (Å²) < 4.78 is 4.77. The molecule has 0 bridgehead atoms. The van der Waals surface area contributed by atoms with Gasteiger partial charge in [-0.2, -0.15) is 0 Å². The van der Waals surface area contributed by atoms with Crippen LogP contribution in [0.1, 0.15) is 52.7 Å². The Morgan fingerprint density at radius 3 is 1.53 bits per heavy atom. The maximum atomic E-state index is 2.44. The van der Waals surface area contributed by atoms with Crippen molar-refractivity contribution in [3.63, 3.8) is 0 Å². The molecule has 2 aromatic heterocycles. The fourth-order valence-electron chi connectivity index (χ4n) is 7.17. The largest absolute Gasteiger partial charge is 0.315 e. The molecule has 8 aromatic rings. The average molecular weight is 638 g/mol. The van der Waals surface area contributed by atoms with E-state index < -0.39 is 0 Å². The molecule has 0 fully saturated rings.